The summed E-state index contributed by atoms with van der Waals surface area (Å²) < 4.78 is 0. The number of aliphatic hydroxyl groups is 4. The number of aliphatic imine (C=N–C) groups is 1. The molecule has 2 saturated carbocycles. The second kappa shape index (κ2) is 14.5. The van der Waals surface area contributed by atoms with E-state index in [0.29, 0.717) is 43.5 Å². The molecule has 12 heteroatoms. The molecule has 4 aliphatic carbocycles. The molecule has 4 aliphatic heterocycles. The Morgan fingerprint density at radius 3 is 2.73 bits per heavy atom. The quantitative estimate of drug-likeness (QED) is 0.158. The van der Waals surface area contributed by atoms with E-state index in [1.807, 2.05) is 27.7 Å². The first kappa shape index (κ1) is 36.8. The maximum absolute atomic E-state index is 14.7. The van der Waals surface area contributed by atoms with E-state index in [4.69, 9.17) is 10.7 Å². The van der Waals surface area contributed by atoms with Gasteiger partial charge in [-0.05, 0) is 89.9 Å². The van der Waals surface area contributed by atoms with Crippen LogP contribution in [0, 0.1) is 46.3 Å². The number of allylic oxidation sites excluding steroid dienone is 3. The lowest BCUT2D eigenvalue weighted by Crippen LogP contribution is -2.68. The molecule has 4 heterocycles. The van der Waals surface area contributed by atoms with Crippen LogP contribution in [-0.4, -0.2) is 81.3 Å². The minimum atomic E-state index is -0.416. The van der Waals surface area contributed by atoms with Crippen molar-refractivity contribution in [3.05, 3.63) is 58.2 Å². The van der Waals surface area contributed by atoms with Gasteiger partial charge in [-0.1, -0.05) is 86.0 Å². The zero-order valence-corrected chi connectivity index (χ0v) is 32.7. The standard InChI is InChI=1S/C39H53N3O5S4/c1-37-8-10-48-50-21-39-31-7-6-27(33(39)16-41-36(40)42-39)28-12-22(4-5-23(28)17-44)35(19-46)51-49-20-25(31)13-29-32-14-26(37)11-24(18-45)30(3-2-9-43)38(32,37)15-34(29)47/h4-7,12,24-27,30-31,33,35,43-46H,2-3,8-11,13-21H2,1H3,(H3,40,41,42). The van der Waals surface area contributed by atoms with Gasteiger partial charge in [0.25, 0.3) is 0 Å². The first-order chi connectivity index (χ1) is 24.7. The SMILES string of the molecule is CC12CCSSCC34NC(N)=NCC3C3C=CC4C(CSSC(CO)c4ccc(CO)c3c4)CC3=C4CC1CC(CO)C(CCCO)C42CC3=O. The van der Waals surface area contributed by atoms with Crippen molar-refractivity contribution in [2.24, 2.45) is 57.1 Å². The van der Waals surface area contributed by atoms with E-state index >= 15 is 0 Å². The third-order valence-electron chi connectivity index (χ3n) is 14.5. The number of benzene rings is 1. The maximum atomic E-state index is 14.7. The van der Waals surface area contributed by atoms with E-state index in [-0.39, 0.29) is 78.0 Å². The molecule has 0 saturated heterocycles. The van der Waals surface area contributed by atoms with Crippen LogP contribution in [0.3, 0.4) is 0 Å². The summed E-state index contributed by atoms with van der Waals surface area (Å²) in [4.78, 5) is 19.5. The molecule has 2 spiro atoms. The van der Waals surface area contributed by atoms with Crippen molar-refractivity contribution in [2.75, 3.05) is 43.6 Å². The van der Waals surface area contributed by atoms with Crippen LogP contribution in [0.25, 0.3) is 0 Å². The first-order valence-corrected chi connectivity index (χ1v) is 23.7. The summed E-state index contributed by atoms with van der Waals surface area (Å²) in [5.41, 5.74) is 11.4. The number of carbonyl (C=O) groups is 1. The van der Waals surface area contributed by atoms with Crippen molar-refractivity contribution in [2.45, 2.75) is 75.2 Å². The first-order valence-electron chi connectivity index (χ1n) is 18.9. The number of nitrogens with one attached hydrogen (secondary N) is 1. The number of hydrogen-bond acceptors (Lipinski definition) is 12. The van der Waals surface area contributed by atoms with Crippen LogP contribution in [0.1, 0.15) is 79.7 Å². The van der Waals surface area contributed by atoms with Crippen LogP contribution in [-0.2, 0) is 11.4 Å². The number of hydrogen-bond donors (Lipinski definition) is 6. The Labute approximate surface area is 317 Å². The van der Waals surface area contributed by atoms with Crippen LogP contribution < -0.4 is 11.1 Å². The fourth-order valence-corrected chi connectivity index (χ4v) is 17.8. The molecule has 1 aromatic rings. The lowest BCUT2D eigenvalue weighted by molar-refractivity contribution is -0.125. The highest BCUT2D eigenvalue weighted by Crippen LogP contribution is 2.75. The van der Waals surface area contributed by atoms with Crippen molar-refractivity contribution >= 4 is 54.9 Å². The summed E-state index contributed by atoms with van der Waals surface area (Å²) in [5, 5.41) is 45.6. The third kappa shape index (κ3) is 5.73. The fourth-order valence-electron chi connectivity index (χ4n) is 12.2. The summed E-state index contributed by atoms with van der Waals surface area (Å²) in [7, 11) is 7.40. The minimum Gasteiger partial charge on any atom is -0.396 e. The van der Waals surface area contributed by atoms with E-state index in [1.54, 1.807) is 21.6 Å². The number of fused-ring (bicyclic) bond motifs is 3. The van der Waals surface area contributed by atoms with Crippen molar-refractivity contribution in [1.29, 1.82) is 0 Å². The molecular formula is C39H53N3O5S4. The van der Waals surface area contributed by atoms with Gasteiger partial charge in [-0.15, -0.1) is 0 Å². The molecular weight excluding hydrogens is 719 g/mol. The molecule has 51 heavy (non-hydrogen) atoms. The number of nitrogens with two attached hydrogens (primary N) is 1. The molecule has 9 rings (SSSR count). The Morgan fingerprint density at radius 2 is 1.94 bits per heavy atom. The molecule has 2 fully saturated rings. The van der Waals surface area contributed by atoms with Gasteiger partial charge in [0.05, 0.1) is 24.0 Å². The van der Waals surface area contributed by atoms with E-state index in [9.17, 15) is 25.2 Å². The van der Waals surface area contributed by atoms with Crippen LogP contribution in [0.5, 0.6) is 0 Å². The van der Waals surface area contributed by atoms with E-state index < -0.39 is 5.54 Å². The zero-order valence-electron chi connectivity index (χ0n) is 29.5. The fraction of sp³-hybridized carbons (Fsp3) is 0.692. The van der Waals surface area contributed by atoms with Crippen LogP contribution in [0.2, 0.25) is 0 Å². The number of ketones is 1. The highest BCUT2D eigenvalue weighted by atomic mass is 33.1. The van der Waals surface area contributed by atoms with Gasteiger partial charge in [0.1, 0.15) is 0 Å². The van der Waals surface area contributed by atoms with Gasteiger partial charge in [0.2, 0.25) is 0 Å². The van der Waals surface area contributed by atoms with Gasteiger partial charge in [-0.2, -0.15) is 0 Å². The largest absolute Gasteiger partial charge is 0.396 e. The van der Waals surface area contributed by atoms with Crippen molar-refractivity contribution in [1.82, 2.24) is 5.32 Å². The van der Waals surface area contributed by atoms with Gasteiger partial charge in [-0.3, -0.25) is 9.79 Å². The van der Waals surface area contributed by atoms with E-state index in [2.05, 4.69) is 36.5 Å². The lowest BCUT2D eigenvalue weighted by Gasteiger charge is -2.57. The number of nitrogens with zero attached hydrogens (tertiary/aromatic N) is 1. The van der Waals surface area contributed by atoms with Crippen LogP contribution >= 0.6 is 43.2 Å². The Bertz CT molecular complexity index is 1620. The monoisotopic (exact) mass is 771 g/mol. The number of Topliss-reactive ketones (excluding diaryl/α,β-unsaturated/α-hetero) is 1. The summed E-state index contributed by atoms with van der Waals surface area (Å²) >= 11 is 0. The van der Waals surface area contributed by atoms with Gasteiger partial charge < -0.3 is 31.5 Å². The molecule has 8 aliphatic rings. The van der Waals surface area contributed by atoms with Gasteiger partial charge in [-0.25, -0.2) is 0 Å². The Kier molecular flexibility index (Phi) is 10.5. The molecule has 0 radical (unpaired) electrons. The molecule has 1 aromatic carbocycles. The molecule has 278 valence electrons. The minimum absolute atomic E-state index is 0.00124. The normalized spacial score (nSPS) is 41.7. The van der Waals surface area contributed by atoms with Crippen LogP contribution in [0.4, 0.5) is 0 Å². The van der Waals surface area contributed by atoms with Gasteiger partial charge in [0.15, 0.2) is 11.7 Å². The summed E-state index contributed by atoms with van der Waals surface area (Å²) in [6, 6.07) is 6.29. The number of aliphatic hydroxyl groups excluding tert-OH is 4. The van der Waals surface area contributed by atoms with E-state index in [0.717, 1.165) is 65.2 Å². The van der Waals surface area contributed by atoms with Crippen molar-refractivity contribution in [3.63, 3.8) is 0 Å². The molecule has 0 amide bonds. The van der Waals surface area contributed by atoms with Crippen molar-refractivity contribution in [3.8, 4) is 0 Å². The predicted molar refractivity (Wildman–Crippen MR) is 211 cm³/mol. The molecule has 0 aromatic heterocycles. The average molecular weight is 772 g/mol. The highest BCUT2D eigenvalue weighted by Gasteiger charge is 2.70. The smallest absolute Gasteiger partial charge is 0.189 e. The number of guanidine groups is 1. The second-order valence-electron chi connectivity index (χ2n) is 16.4. The molecule has 11 unspecified atom stereocenters. The van der Waals surface area contributed by atoms with Gasteiger partial charge >= 0.3 is 0 Å². The number of carbonyl (C=O) groups excluding carboxylic acids is 1. The molecule has 11 atom stereocenters. The zero-order chi connectivity index (χ0) is 35.5. The Hall–Kier alpha value is -1.12. The predicted octanol–water partition coefficient (Wildman–Crippen LogP) is 5.62. The second-order valence-corrected chi connectivity index (χ2v) is 21.6. The summed E-state index contributed by atoms with van der Waals surface area (Å²) in [6.07, 6.45) is 10.5. The highest BCUT2D eigenvalue weighted by molar-refractivity contribution is 8.77. The molecule has 8 nitrogen and oxygen atoms in total. The average Bonchev–Trinajstić information content (AvgIpc) is 3.46. The molecule has 7 N–H and O–H groups in total. The van der Waals surface area contributed by atoms with E-state index in [1.165, 1.54) is 5.57 Å². The Morgan fingerprint density at radius 1 is 1.08 bits per heavy atom. The summed E-state index contributed by atoms with van der Waals surface area (Å²) in [5.74, 6) is 4.45. The topological polar surface area (TPSA) is 148 Å². The third-order valence-corrected chi connectivity index (χ3v) is 19.9. The van der Waals surface area contributed by atoms with Crippen LogP contribution in [0.15, 0.2) is 46.5 Å². The lowest BCUT2D eigenvalue weighted by atomic mass is 9.47. The van der Waals surface area contributed by atoms with Crippen molar-refractivity contribution < 1.29 is 25.2 Å². The maximum Gasteiger partial charge on any atom is 0.189 e. The summed E-state index contributed by atoms with van der Waals surface area (Å²) in [6.45, 7) is 3.27. The number of rotatable bonds is 6. The van der Waals surface area contributed by atoms with Gasteiger partial charge in [0, 0.05) is 66.6 Å². The Balaban J connectivity index is 1.30. The molecule has 11 bridgehead atoms.